The van der Waals surface area contributed by atoms with Crippen LogP contribution in [-0.4, -0.2) is 33.5 Å². The van der Waals surface area contributed by atoms with Gasteiger partial charge >= 0.3 is 0 Å². The lowest BCUT2D eigenvalue weighted by Gasteiger charge is -1.99. The largest absolute Gasteiger partial charge is 0.480 e. The molecule has 74 valence electrons. The molecule has 2 rings (SSSR count). The molecule has 0 amide bonds. The van der Waals surface area contributed by atoms with Crippen LogP contribution in [0.1, 0.15) is 5.82 Å². The van der Waals surface area contributed by atoms with E-state index in [2.05, 4.69) is 15.3 Å². The van der Waals surface area contributed by atoms with Gasteiger partial charge in [-0.05, 0) is 12.6 Å². The highest BCUT2D eigenvalue weighted by atomic mass is 16.5. The first-order chi connectivity index (χ1) is 6.85. The van der Waals surface area contributed by atoms with E-state index in [1.54, 1.807) is 23.8 Å². The number of ether oxygens (including phenoxy) is 1. The lowest BCUT2D eigenvalue weighted by atomic mass is 10.4. The Bertz CT molecular complexity index is 438. The Labute approximate surface area is 80.7 Å². The molecule has 0 unspecified atom stereocenters. The Balaban J connectivity index is 2.52. The highest BCUT2D eigenvalue weighted by Crippen LogP contribution is 2.08. The van der Waals surface area contributed by atoms with Crippen molar-refractivity contribution >= 4 is 5.65 Å². The van der Waals surface area contributed by atoms with E-state index in [1.165, 1.54) is 0 Å². The van der Waals surface area contributed by atoms with Gasteiger partial charge in [0, 0.05) is 12.5 Å². The molecule has 0 atom stereocenters. The summed E-state index contributed by atoms with van der Waals surface area (Å²) in [5.41, 5.74) is 6.14. The van der Waals surface area contributed by atoms with Crippen LogP contribution in [0, 0.1) is 0 Å². The van der Waals surface area contributed by atoms with Gasteiger partial charge in [-0.1, -0.05) is 0 Å². The van der Waals surface area contributed by atoms with Gasteiger partial charge in [0.15, 0.2) is 11.5 Å². The van der Waals surface area contributed by atoms with Crippen molar-refractivity contribution in [1.29, 1.82) is 0 Å². The van der Waals surface area contributed by atoms with Gasteiger partial charge in [0.25, 0.3) is 0 Å². The molecule has 14 heavy (non-hydrogen) atoms. The number of hydrogen-bond donors (Lipinski definition) is 1. The molecular weight excluding hydrogens is 182 g/mol. The Morgan fingerprint density at radius 3 is 3.00 bits per heavy atom. The maximum absolute atomic E-state index is 5.44. The highest BCUT2D eigenvalue weighted by molar-refractivity contribution is 5.37. The van der Waals surface area contributed by atoms with Gasteiger partial charge in [-0.25, -0.2) is 0 Å². The Morgan fingerprint density at radius 1 is 1.43 bits per heavy atom. The molecule has 0 spiro atoms. The molecule has 0 bridgehead atoms. The first kappa shape index (κ1) is 8.89. The zero-order chi connectivity index (χ0) is 9.97. The molecular formula is C8H11N5O. The van der Waals surface area contributed by atoms with Gasteiger partial charge in [0.1, 0.15) is 0 Å². The summed E-state index contributed by atoms with van der Waals surface area (Å²) >= 11 is 0. The lowest BCUT2D eigenvalue weighted by molar-refractivity contribution is 0.389. The zero-order valence-electron chi connectivity index (χ0n) is 7.84. The second-order valence-electron chi connectivity index (χ2n) is 2.80. The predicted octanol–water partition coefficient (Wildman–Crippen LogP) is -0.366. The highest BCUT2D eigenvalue weighted by Gasteiger charge is 2.06. The minimum Gasteiger partial charge on any atom is -0.480 e. The molecule has 2 aromatic rings. The van der Waals surface area contributed by atoms with Crippen molar-refractivity contribution < 1.29 is 4.74 Å². The summed E-state index contributed by atoms with van der Waals surface area (Å²) in [5, 5.41) is 12.1. The molecule has 0 aliphatic rings. The molecule has 2 heterocycles. The van der Waals surface area contributed by atoms with Crippen LogP contribution < -0.4 is 10.5 Å². The maximum atomic E-state index is 5.44. The number of methoxy groups -OCH3 is 1. The van der Waals surface area contributed by atoms with Gasteiger partial charge in [0.05, 0.1) is 7.11 Å². The third-order valence-corrected chi connectivity index (χ3v) is 1.88. The smallest absolute Gasteiger partial charge is 0.231 e. The van der Waals surface area contributed by atoms with Gasteiger partial charge in [-0.2, -0.15) is 4.52 Å². The van der Waals surface area contributed by atoms with E-state index in [-0.39, 0.29) is 0 Å². The average molecular weight is 193 g/mol. The summed E-state index contributed by atoms with van der Waals surface area (Å²) in [6, 6.07) is 3.55. The van der Waals surface area contributed by atoms with E-state index < -0.39 is 0 Å². The van der Waals surface area contributed by atoms with Gasteiger partial charge < -0.3 is 10.5 Å². The normalized spacial score (nSPS) is 10.7. The van der Waals surface area contributed by atoms with Gasteiger partial charge in [-0.15, -0.1) is 15.3 Å². The molecule has 0 saturated heterocycles. The first-order valence-corrected chi connectivity index (χ1v) is 4.30. The number of hydrogen-bond acceptors (Lipinski definition) is 5. The molecule has 2 N–H and O–H groups in total. The summed E-state index contributed by atoms with van der Waals surface area (Å²) in [7, 11) is 1.57. The van der Waals surface area contributed by atoms with Gasteiger partial charge in [-0.3, -0.25) is 0 Å². The second kappa shape index (κ2) is 3.59. The van der Waals surface area contributed by atoms with Crippen LogP contribution in [0.15, 0.2) is 12.1 Å². The monoisotopic (exact) mass is 193 g/mol. The van der Waals surface area contributed by atoms with Crippen molar-refractivity contribution in [3.05, 3.63) is 18.0 Å². The molecule has 0 aromatic carbocycles. The Hall–Kier alpha value is -1.69. The fourth-order valence-electron chi connectivity index (χ4n) is 1.21. The number of nitrogens with two attached hydrogens (primary N) is 1. The molecule has 0 radical (unpaired) electrons. The second-order valence-corrected chi connectivity index (χ2v) is 2.80. The minimum absolute atomic E-state index is 0.527. The minimum atomic E-state index is 0.527. The quantitative estimate of drug-likeness (QED) is 0.719. The molecule has 0 saturated carbocycles. The third kappa shape index (κ3) is 1.39. The van der Waals surface area contributed by atoms with Crippen LogP contribution in [0.25, 0.3) is 5.65 Å². The fraction of sp³-hybridized carbons (Fsp3) is 0.375. The summed E-state index contributed by atoms with van der Waals surface area (Å²) in [6.07, 6.45) is 0.654. The molecule has 6 nitrogen and oxygen atoms in total. The van der Waals surface area contributed by atoms with Gasteiger partial charge in [0.2, 0.25) is 5.88 Å². The van der Waals surface area contributed by atoms with E-state index in [0.29, 0.717) is 24.5 Å². The van der Waals surface area contributed by atoms with E-state index in [4.69, 9.17) is 10.5 Å². The van der Waals surface area contributed by atoms with E-state index >= 15 is 0 Å². The molecule has 0 fully saturated rings. The average Bonchev–Trinajstić information content (AvgIpc) is 2.61. The van der Waals surface area contributed by atoms with Crippen molar-refractivity contribution in [1.82, 2.24) is 19.8 Å². The van der Waals surface area contributed by atoms with Crippen LogP contribution in [-0.2, 0) is 6.42 Å². The van der Waals surface area contributed by atoms with Crippen molar-refractivity contribution in [3.8, 4) is 5.88 Å². The van der Waals surface area contributed by atoms with Crippen molar-refractivity contribution in [3.63, 3.8) is 0 Å². The number of fused-ring (bicyclic) bond motifs is 1. The van der Waals surface area contributed by atoms with Crippen LogP contribution in [0.4, 0.5) is 0 Å². The summed E-state index contributed by atoms with van der Waals surface area (Å²) in [5.74, 6) is 1.29. The molecule has 2 aromatic heterocycles. The third-order valence-electron chi connectivity index (χ3n) is 1.88. The van der Waals surface area contributed by atoms with Crippen molar-refractivity contribution in [2.24, 2.45) is 5.73 Å². The maximum Gasteiger partial charge on any atom is 0.231 e. The Kier molecular flexibility index (Phi) is 2.28. The van der Waals surface area contributed by atoms with E-state index in [0.717, 1.165) is 5.82 Å². The van der Waals surface area contributed by atoms with Crippen LogP contribution >= 0.6 is 0 Å². The zero-order valence-corrected chi connectivity index (χ0v) is 7.84. The lowest BCUT2D eigenvalue weighted by Crippen LogP contribution is -2.08. The van der Waals surface area contributed by atoms with E-state index in [1.807, 2.05) is 0 Å². The molecule has 0 aliphatic heterocycles. The topological polar surface area (TPSA) is 78.3 Å². The summed E-state index contributed by atoms with van der Waals surface area (Å²) in [4.78, 5) is 0. The standard InChI is InChI=1S/C8H11N5O/c1-14-8-3-2-6-10-11-7(4-5-9)13(6)12-8/h2-3H,4-5,9H2,1H3. The van der Waals surface area contributed by atoms with Crippen molar-refractivity contribution in [2.45, 2.75) is 6.42 Å². The summed E-state index contributed by atoms with van der Waals surface area (Å²) in [6.45, 7) is 0.527. The summed E-state index contributed by atoms with van der Waals surface area (Å²) < 4.78 is 6.65. The van der Waals surface area contributed by atoms with Crippen LogP contribution in [0.3, 0.4) is 0 Å². The molecule has 6 heteroatoms. The Morgan fingerprint density at radius 2 is 2.29 bits per heavy atom. The molecule has 0 aliphatic carbocycles. The predicted molar refractivity (Wildman–Crippen MR) is 50.1 cm³/mol. The van der Waals surface area contributed by atoms with E-state index in [9.17, 15) is 0 Å². The number of nitrogens with zero attached hydrogens (tertiary/aromatic N) is 4. The number of aromatic nitrogens is 4. The first-order valence-electron chi connectivity index (χ1n) is 4.30. The van der Waals surface area contributed by atoms with Crippen molar-refractivity contribution in [2.75, 3.05) is 13.7 Å². The van der Waals surface area contributed by atoms with Crippen LogP contribution in [0.5, 0.6) is 5.88 Å². The van der Waals surface area contributed by atoms with Crippen LogP contribution in [0.2, 0.25) is 0 Å². The SMILES string of the molecule is COc1ccc2nnc(CCN)n2n1. The number of rotatable bonds is 3. The fourth-order valence-corrected chi connectivity index (χ4v) is 1.21.